The maximum absolute atomic E-state index is 4.09. The molecule has 0 radical (unpaired) electrons. The van der Waals surface area contributed by atoms with Crippen LogP contribution in [0.1, 0.15) is 19.4 Å². The van der Waals surface area contributed by atoms with Gasteiger partial charge in [0.1, 0.15) is 0 Å². The van der Waals surface area contributed by atoms with Crippen molar-refractivity contribution in [2.75, 3.05) is 0 Å². The fraction of sp³-hybridized carbons (Fsp3) is 0.333. The summed E-state index contributed by atoms with van der Waals surface area (Å²) >= 11 is 0. The number of fused-ring (bicyclic) bond motifs is 1. The molecule has 2 aromatic rings. The van der Waals surface area contributed by atoms with Crippen LogP contribution in [0.2, 0.25) is 0 Å². The van der Waals surface area contributed by atoms with Gasteiger partial charge in [-0.05, 0) is 12.5 Å². The molecule has 12 heavy (non-hydrogen) atoms. The summed E-state index contributed by atoms with van der Waals surface area (Å²) in [4.78, 5) is 3.99. The molecule has 2 rings (SSSR count). The molecule has 64 valence electrons. The Balaban J connectivity index is 0.000000336. The van der Waals surface area contributed by atoms with Crippen molar-refractivity contribution < 1.29 is 0 Å². The van der Waals surface area contributed by atoms with Crippen molar-refractivity contribution in [1.29, 1.82) is 0 Å². The van der Waals surface area contributed by atoms with E-state index in [9.17, 15) is 0 Å². The summed E-state index contributed by atoms with van der Waals surface area (Å²) < 4.78 is 1.81. The van der Waals surface area contributed by atoms with Crippen LogP contribution in [-0.2, 0) is 0 Å². The van der Waals surface area contributed by atoms with Gasteiger partial charge < -0.3 is 0 Å². The van der Waals surface area contributed by atoms with Gasteiger partial charge in [-0.3, -0.25) is 4.98 Å². The molecular weight excluding hydrogens is 150 g/mol. The number of aromatic nitrogens is 3. The lowest BCUT2D eigenvalue weighted by Gasteiger charge is -1.88. The normalized spacial score (nSPS) is 9.25. The maximum atomic E-state index is 4.09. The predicted octanol–water partition coefficient (Wildman–Crippen LogP) is 2.06. The molecule has 2 heterocycles. The Kier molecular flexibility index (Phi) is 2.80. The fourth-order valence-electron chi connectivity index (χ4n) is 0.953. The summed E-state index contributed by atoms with van der Waals surface area (Å²) in [5.74, 6) is 0. The van der Waals surface area contributed by atoms with Crippen molar-refractivity contribution in [3.8, 4) is 0 Å². The van der Waals surface area contributed by atoms with Gasteiger partial charge in [-0.15, -0.1) is 0 Å². The smallest absolute Gasteiger partial charge is 0.0873 e. The topological polar surface area (TPSA) is 30.2 Å². The molecule has 0 saturated carbocycles. The maximum Gasteiger partial charge on any atom is 0.0873 e. The predicted molar refractivity (Wildman–Crippen MR) is 49.1 cm³/mol. The van der Waals surface area contributed by atoms with Gasteiger partial charge in [0, 0.05) is 12.4 Å². The van der Waals surface area contributed by atoms with Crippen LogP contribution in [0, 0.1) is 6.92 Å². The number of rotatable bonds is 0. The van der Waals surface area contributed by atoms with E-state index >= 15 is 0 Å². The molecule has 0 aliphatic rings. The zero-order valence-corrected chi connectivity index (χ0v) is 7.65. The van der Waals surface area contributed by atoms with Gasteiger partial charge in [0.2, 0.25) is 0 Å². The summed E-state index contributed by atoms with van der Waals surface area (Å²) in [7, 11) is 0. The lowest BCUT2D eigenvalue weighted by molar-refractivity contribution is 0.946. The Hall–Kier alpha value is -1.38. The van der Waals surface area contributed by atoms with E-state index in [1.54, 1.807) is 6.20 Å². The minimum atomic E-state index is 1.07. The zero-order chi connectivity index (χ0) is 8.97. The first-order valence-corrected chi connectivity index (χ1v) is 4.12. The van der Waals surface area contributed by atoms with Crippen molar-refractivity contribution in [3.05, 3.63) is 30.4 Å². The van der Waals surface area contributed by atoms with Gasteiger partial charge in [0.25, 0.3) is 0 Å². The molecule has 0 atom stereocenters. The first-order chi connectivity index (χ1) is 5.88. The Labute approximate surface area is 72.1 Å². The minimum Gasteiger partial charge on any atom is -0.261 e. The first-order valence-electron chi connectivity index (χ1n) is 4.12. The highest BCUT2D eigenvalue weighted by atomic mass is 15.2. The van der Waals surface area contributed by atoms with E-state index in [2.05, 4.69) is 10.1 Å². The van der Waals surface area contributed by atoms with Crippen LogP contribution < -0.4 is 0 Å². The van der Waals surface area contributed by atoms with Crippen molar-refractivity contribution in [2.24, 2.45) is 0 Å². The van der Waals surface area contributed by atoms with Crippen LogP contribution in [0.25, 0.3) is 5.52 Å². The van der Waals surface area contributed by atoms with Gasteiger partial charge in [0.05, 0.1) is 17.9 Å². The molecular formula is C9H13N3. The molecule has 3 nitrogen and oxygen atoms in total. The third-order valence-corrected chi connectivity index (χ3v) is 1.52. The highest BCUT2D eigenvalue weighted by Gasteiger charge is 1.95. The molecule has 0 fully saturated rings. The monoisotopic (exact) mass is 163 g/mol. The third kappa shape index (κ3) is 1.44. The molecule has 0 spiro atoms. The van der Waals surface area contributed by atoms with Crippen LogP contribution in [0.4, 0.5) is 0 Å². The van der Waals surface area contributed by atoms with Crippen LogP contribution in [0.3, 0.4) is 0 Å². The second-order valence-electron chi connectivity index (χ2n) is 2.23. The van der Waals surface area contributed by atoms with Crippen molar-refractivity contribution in [3.63, 3.8) is 0 Å². The summed E-state index contributed by atoms with van der Waals surface area (Å²) in [5, 5.41) is 4.09. The van der Waals surface area contributed by atoms with Gasteiger partial charge in [-0.25, -0.2) is 4.52 Å². The second-order valence-corrected chi connectivity index (χ2v) is 2.23. The Morgan fingerprint density at radius 1 is 1.25 bits per heavy atom. The second kappa shape index (κ2) is 3.85. The fourth-order valence-corrected chi connectivity index (χ4v) is 0.953. The molecule has 0 unspecified atom stereocenters. The Bertz CT molecular complexity index is 351. The van der Waals surface area contributed by atoms with E-state index in [-0.39, 0.29) is 0 Å². The van der Waals surface area contributed by atoms with E-state index in [0.29, 0.717) is 0 Å². The Morgan fingerprint density at radius 2 is 2.00 bits per heavy atom. The highest BCUT2D eigenvalue weighted by Crippen LogP contribution is 2.04. The summed E-state index contributed by atoms with van der Waals surface area (Å²) in [6, 6.07) is 0. The van der Waals surface area contributed by atoms with Gasteiger partial charge >= 0.3 is 0 Å². The molecule has 0 aliphatic carbocycles. The molecule has 0 aromatic carbocycles. The molecule has 0 bridgehead atoms. The van der Waals surface area contributed by atoms with E-state index in [0.717, 1.165) is 11.1 Å². The molecule has 0 N–H and O–H groups in total. The average Bonchev–Trinajstić information content (AvgIpc) is 2.53. The summed E-state index contributed by atoms with van der Waals surface area (Å²) in [6.07, 6.45) is 7.20. The van der Waals surface area contributed by atoms with Gasteiger partial charge in [-0.1, -0.05) is 13.8 Å². The molecule has 3 heteroatoms. The first kappa shape index (κ1) is 8.71. The van der Waals surface area contributed by atoms with E-state index in [1.165, 1.54) is 0 Å². The van der Waals surface area contributed by atoms with E-state index < -0.39 is 0 Å². The largest absolute Gasteiger partial charge is 0.261 e. The van der Waals surface area contributed by atoms with Crippen molar-refractivity contribution >= 4 is 5.52 Å². The number of aryl methyl sites for hydroxylation is 1. The third-order valence-electron chi connectivity index (χ3n) is 1.52. The number of nitrogens with zero attached hydrogens (tertiary/aromatic N) is 3. The van der Waals surface area contributed by atoms with Crippen molar-refractivity contribution in [2.45, 2.75) is 20.8 Å². The van der Waals surface area contributed by atoms with Crippen LogP contribution in [0.5, 0.6) is 0 Å². The standard InChI is InChI=1S/C7H7N3.C2H6/c1-6-4-9-10-3-2-8-5-7(6)10;1-2/h2-5H,1H3;1-2H3. The van der Waals surface area contributed by atoms with Crippen LogP contribution in [0.15, 0.2) is 24.8 Å². The van der Waals surface area contributed by atoms with Gasteiger partial charge in [0.15, 0.2) is 0 Å². The highest BCUT2D eigenvalue weighted by molar-refractivity contribution is 5.50. The molecule has 0 amide bonds. The summed E-state index contributed by atoms with van der Waals surface area (Å²) in [6.45, 7) is 6.02. The lowest BCUT2D eigenvalue weighted by Crippen LogP contribution is -1.85. The number of hydrogen-bond acceptors (Lipinski definition) is 2. The minimum absolute atomic E-state index is 1.07. The lowest BCUT2D eigenvalue weighted by atomic mass is 10.3. The quantitative estimate of drug-likeness (QED) is 0.595. The zero-order valence-electron chi connectivity index (χ0n) is 7.65. The van der Waals surface area contributed by atoms with Crippen LogP contribution >= 0.6 is 0 Å². The average molecular weight is 163 g/mol. The van der Waals surface area contributed by atoms with E-state index in [1.807, 2.05) is 43.9 Å². The van der Waals surface area contributed by atoms with Gasteiger partial charge in [-0.2, -0.15) is 5.10 Å². The molecule has 2 aromatic heterocycles. The summed E-state index contributed by atoms with van der Waals surface area (Å²) in [5.41, 5.74) is 2.23. The SMILES string of the molecule is CC.Cc1cnn2ccncc12. The Morgan fingerprint density at radius 3 is 2.67 bits per heavy atom. The van der Waals surface area contributed by atoms with E-state index in [4.69, 9.17) is 0 Å². The number of hydrogen-bond donors (Lipinski definition) is 0. The molecule has 0 saturated heterocycles. The molecule has 0 aliphatic heterocycles. The van der Waals surface area contributed by atoms with Crippen molar-refractivity contribution in [1.82, 2.24) is 14.6 Å². The van der Waals surface area contributed by atoms with Crippen LogP contribution in [-0.4, -0.2) is 14.6 Å².